The van der Waals surface area contributed by atoms with Gasteiger partial charge >= 0.3 is 8.56 Å². The van der Waals surface area contributed by atoms with Gasteiger partial charge in [-0.2, -0.15) is 0 Å². The van der Waals surface area contributed by atoms with Crippen molar-refractivity contribution in [2.75, 3.05) is 26.4 Å². The van der Waals surface area contributed by atoms with E-state index in [1.165, 1.54) is 0 Å². The van der Waals surface area contributed by atoms with Gasteiger partial charge in [0.2, 0.25) is 0 Å². The highest BCUT2D eigenvalue weighted by Gasteiger charge is 2.35. The summed E-state index contributed by atoms with van der Waals surface area (Å²) in [5.74, 6) is 0. The summed E-state index contributed by atoms with van der Waals surface area (Å²) in [6, 6.07) is 0.986. The van der Waals surface area contributed by atoms with E-state index in [1.54, 1.807) is 12.4 Å². The van der Waals surface area contributed by atoms with Crippen molar-refractivity contribution in [1.82, 2.24) is 4.90 Å². The molecule has 0 bridgehead atoms. The lowest BCUT2D eigenvalue weighted by atomic mass is 10.3. The smallest absolute Gasteiger partial charge is 0.335 e. The quantitative estimate of drug-likeness (QED) is 0.695. The largest absolute Gasteiger partial charge is 0.395 e. The summed E-state index contributed by atoms with van der Waals surface area (Å²) >= 11 is 0. The first-order chi connectivity index (χ1) is 8.63. The van der Waals surface area contributed by atoms with Crippen LogP contribution >= 0.6 is 0 Å². The first-order valence-corrected chi connectivity index (χ1v) is 9.06. The Balaban J connectivity index is 2.63. The molecule has 1 heterocycles. The second-order valence-corrected chi connectivity index (χ2v) is 7.84. The highest BCUT2D eigenvalue weighted by molar-refractivity contribution is 6.66. The first-order valence-electron chi connectivity index (χ1n) is 6.54. The minimum absolute atomic E-state index is 0.0181. The Morgan fingerprint density at radius 1 is 1.44 bits per heavy atom. The maximum atomic E-state index is 6.21. The van der Waals surface area contributed by atoms with Gasteiger partial charge in [-0.25, -0.2) is 0 Å². The lowest BCUT2D eigenvalue weighted by Crippen LogP contribution is -2.47. The molecular formula is C13H25NO3Si. The molecule has 2 atom stereocenters. The van der Waals surface area contributed by atoms with E-state index in [1.807, 2.05) is 11.8 Å². The van der Waals surface area contributed by atoms with Crippen LogP contribution in [0.1, 0.15) is 13.3 Å². The molecule has 1 aliphatic heterocycles. The van der Waals surface area contributed by atoms with Gasteiger partial charge in [0.1, 0.15) is 0 Å². The maximum absolute atomic E-state index is 6.21. The Bertz CT molecular complexity index is 267. The zero-order valence-electron chi connectivity index (χ0n) is 11.6. The van der Waals surface area contributed by atoms with Crippen molar-refractivity contribution in [2.24, 2.45) is 0 Å². The molecule has 0 spiro atoms. The predicted molar refractivity (Wildman–Crippen MR) is 75.5 cm³/mol. The summed E-state index contributed by atoms with van der Waals surface area (Å²) in [5.41, 5.74) is 0. The number of nitrogens with zero attached hydrogens (tertiary/aromatic N) is 1. The fourth-order valence-corrected chi connectivity index (χ4v) is 4.69. The summed E-state index contributed by atoms with van der Waals surface area (Å²) in [6.45, 7) is 14.5. The van der Waals surface area contributed by atoms with Crippen molar-refractivity contribution in [3.63, 3.8) is 0 Å². The fourth-order valence-electron chi connectivity index (χ4n) is 2.12. The van der Waals surface area contributed by atoms with Crippen LogP contribution in [0.2, 0.25) is 12.6 Å². The molecule has 0 N–H and O–H groups in total. The van der Waals surface area contributed by atoms with Gasteiger partial charge in [-0.15, -0.1) is 0 Å². The van der Waals surface area contributed by atoms with Crippen molar-refractivity contribution >= 4 is 8.56 Å². The minimum Gasteiger partial charge on any atom is -0.395 e. The van der Waals surface area contributed by atoms with Gasteiger partial charge in [-0.3, -0.25) is 0 Å². The standard InChI is InChI=1S/C13H25NO3Si/c1-5-14(6-2)11-13-12-15-9-8-10-18(4,17-13)16-7-3/h5-6,13H,1-2,7-12H2,3-4H3. The molecule has 1 rings (SSSR count). The van der Waals surface area contributed by atoms with E-state index in [-0.39, 0.29) is 6.10 Å². The average molecular weight is 271 g/mol. The van der Waals surface area contributed by atoms with Crippen LogP contribution in [0.5, 0.6) is 0 Å². The Labute approximate surface area is 111 Å². The molecule has 1 saturated heterocycles. The van der Waals surface area contributed by atoms with Gasteiger partial charge in [-0.05, 0) is 38.3 Å². The highest BCUT2D eigenvalue weighted by Crippen LogP contribution is 2.21. The van der Waals surface area contributed by atoms with Crippen LogP contribution in [0.4, 0.5) is 0 Å². The van der Waals surface area contributed by atoms with Crippen molar-refractivity contribution in [2.45, 2.75) is 32.0 Å². The number of rotatable bonds is 6. The molecule has 1 aliphatic rings. The van der Waals surface area contributed by atoms with Crippen LogP contribution < -0.4 is 0 Å². The number of hydrogen-bond donors (Lipinski definition) is 0. The fraction of sp³-hybridized carbons (Fsp3) is 0.692. The highest BCUT2D eigenvalue weighted by atomic mass is 28.4. The van der Waals surface area contributed by atoms with Gasteiger partial charge in [0.05, 0.1) is 12.7 Å². The second kappa shape index (κ2) is 7.73. The molecule has 5 heteroatoms. The first kappa shape index (κ1) is 15.4. The second-order valence-electron chi connectivity index (χ2n) is 4.55. The van der Waals surface area contributed by atoms with Gasteiger partial charge in [0.25, 0.3) is 0 Å². The Hall–Kier alpha value is -0.623. The number of ether oxygens (including phenoxy) is 1. The van der Waals surface area contributed by atoms with Crippen molar-refractivity contribution in [1.29, 1.82) is 0 Å². The number of hydrogen-bond acceptors (Lipinski definition) is 4. The summed E-state index contributed by atoms with van der Waals surface area (Å²) in [4.78, 5) is 1.91. The molecule has 0 radical (unpaired) electrons. The van der Waals surface area contributed by atoms with Crippen LogP contribution in [-0.4, -0.2) is 45.9 Å². The van der Waals surface area contributed by atoms with Crippen molar-refractivity contribution < 1.29 is 13.6 Å². The maximum Gasteiger partial charge on any atom is 0.335 e. The zero-order valence-corrected chi connectivity index (χ0v) is 12.6. The zero-order chi connectivity index (χ0) is 13.4. The van der Waals surface area contributed by atoms with Crippen LogP contribution in [0, 0.1) is 0 Å². The Morgan fingerprint density at radius 3 is 2.78 bits per heavy atom. The third-order valence-corrected chi connectivity index (χ3v) is 5.97. The van der Waals surface area contributed by atoms with Crippen LogP contribution in [0.3, 0.4) is 0 Å². The molecule has 0 amide bonds. The molecule has 2 unspecified atom stereocenters. The van der Waals surface area contributed by atoms with Crippen LogP contribution in [-0.2, 0) is 13.6 Å². The van der Waals surface area contributed by atoms with Gasteiger partial charge in [0, 0.05) is 19.8 Å². The summed E-state index contributed by atoms with van der Waals surface area (Å²) in [7, 11) is -2.05. The van der Waals surface area contributed by atoms with E-state index >= 15 is 0 Å². The lowest BCUT2D eigenvalue weighted by molar-refractivity contribution is 0.00766. The van der Waals surface area contributed by atoms with E-state index < -0.39 is 8.56 Å². The predicted octanol–water partition coefficient (Wildman–Crippen LogP) is 2.49. The van der Waals surface area contributed by atoms with Crippen LogP contribution in [0.15, 0.2) is 25.6 Å². The summed E-state index contributed by atoms with van der Waals surface area (Å²) < 4.78 is 17.7. The van der Waals surface area contributed by atoms with E-state index in [4.69, 9.17) is 13.6 Å². The third kappa shape index (κ3) is 4.94. The monoisotopic (exact) mass is 271 g/mol. The molecule has 0 aromatic rings. The molecule has 0 aromatic heterocycles. The SMILES string of the molecule is C=CN(C=C)CC1COCCC[Si](C)(OCC)O1. The molecule has 1 fully saturated rings. The van der Waals surface area contributed by atoms with E-state index in [9.17, 15) is 0 Å². The van der Waals surface area contributed by atoms with Crippen molar-refractivity contribution in [3.05, 3.63) is 25.6 Å². The molecule has 18 heavy (non-hydrogen) atoms. The minimum atomic E-state index is -2.05. The third-order valence-electron chi connectivity index (χ3n) is 2.97. The molecular weight excluding hydrogens is 246 g/mol. The average Bonchev–Trinajstić information content (AvgIpc) is 2.32. The Morgan fingerprint density at radius 2 is 2.17 bits per heavy atom. The summed E-state index contributed by atoms with van der Waals surface area (Å²) in [6.07, 6.45) is 4.52. The van der Waals surface area contributed by atoms with E-state index in [2.05, 4.69) is 19.7 Å². The normalized spacial score (nSPS) is 29.1. The molecule has 0 saturated carbocycles. The van der Waals surface area contributed by atoms with E-state index in [0.717, 1.165) is 19.1 Å². The topological polar surface area (TPSA) is 30.9 Å². The molecule has 0 aliphatic carbocycles. The lowest BCUT2D eigenvalue weighted by Gasteiger charge is -2.35. The molecule has 0 aromatic carbocycles. The van der Waals surface area contributed by atoms with Gasteiger partial charge in [-0.1, -0.05) is 13.2 Å². The molecule has 104 valence electrons. The van der Waals surface area contributed by atoms with Gasteiger partial charge < -0.3 is 18.5 Å². The Kier molecular flexibility index (Phi) is 6.63. The molecule has 4 nitrogen and oxygen atoms in total. The van der Waals surface area contributed by atoms with Crippen LogP contribution in [0.25, 0.3) is 0 Å². The van der Waals surface area contributed by atoms with Gasteiger partial charge in [0.15, 0.2) is 0 Å². The van der Waals surface area contributed by atoms with E-state index in [0.29, 0.717) is 19.8 Å². The summed E-state index contributed by atoms with van der Waals surface area (Å²) in [5, 5.41) is 0. The van der Waals surface area contributed by atoms with Crippen molar-refractivity contribution in [3.8, 4) is 0 Å².